The molecule has 0 aliphatic carbocycles. The van der Waals surface area contributed by atoms with Gasteiger partial charge in [0.05, 0.1) is 13.5 Å². The highest BCUT2D eigenvalue weighted by Gasteiger charge is 2.18. The van der Waals surface area contributed by atoms with E-state index >= 15 is 0 Å². The summed E-state index contributed by atoms with van der Waals surface area (Å²) in [6, 6.07) is 7.92. The molecule has 0 spiro atoms. The number of aromatic amines is 1. The molecule has 1 fully saturated rings. The molecular formula is C15H18N2O2. The van der Waals surface area contributed by atoms with Gasteiger partial charge in [0, 0.05) is 29.7 Å². The van der Waals surface area contributed by atoms with Crippen LogP contribution in [0.25, 0.3) is 10.9 Å². The fourth-order valence-electron chi connectivity index (χ4n) is 2.63. The molecule has 0 radical (unpaired) electrons. The second-order valence-electron chi connectivity index (χ2n) is 5.01. The molecule has 1 amide bonds. The number of amides is 1. The number of nitrogens with one attached hydrogen (secondary N) is 1. The number of hydrogen-bond donors (Lipinski definition) is 1. The van der Waals surface area contributed by atoms with Gasteiger partial charge in [0.2, 0.25) is 5.91 Å². The summed E-state index contributed by atoms with van der Waals surface area (Å²) in [7, 11) is 1.66. The Balaban J connectivity index is 1.79. The van der Waals surface area contributed by atoms with E-state index in [9.17, 15) is 4.79 Å². The third-order valence-electron chi connectivity index (χ3n) is 3.68. The average Bonchev–Trinajstić information content (AvgIpc) is 3.06. The molecule has 2 aromatic rings. The summed E-state index contributed by atoms with van der Waals surface area (Å²) in [6.07, 6.45) is 2.72. The summed E-state index contributed by atoms with van der Waals surface area (Å²) in [6.45, 7) is 1.82. The van der Waals surface area contributed by atoms with Gasteiger partial charge in [-0.2, -0.15) is 0 Å². The van der Waals surface area contributed by atoms with Gasteiger partial charge in [-0.3, -0.25) is 4.79 Å². The Morgan fingerprint density at radius 1 is 1.32 bits per heavy atom. The van der Waals surface area contributed by atoms with Crippen molar-refractivity contribution in [3.8, 4) is 5.75 Å². The Hall–Kier alpha value is -1.97. The fourth-order valence-corrected chi connectivity index (χ4v) is 2.63. The van der Waals surface area contributed by atoms with Crippen molar-refractivity contribution in [1.29, 1.82) is 0 Å². The van der Waals surface area contributed by atoms with Gasteiger partial charge < -0.3 is 14.6 Å². The lowest BCUT2D eigenvalue weighted by molar-refractivity contribution is -0.129. The summed E-state index contributed by atoms with van der Waals surface area (Å²) in [5.74, 6) is 1.06. The topological polar surface area (TPSA) is 45.3 Å². The second-order valence-corrected chi connectivity index (χ2v) is 5.01. The van der Waals surface area contributed by atoms with E-state index < -0.39 is 0 Å². The number of benzene rings is 1. The Morgan fingerprint density at radius 2 is 2.11 bits per heavy atom. The molecule has 4 nitrogen and oxygen atoms in total. The molecule has 0 saturated carbocycles. The Morgan fingerprint density at radius 3 is 2.84 bits per heavy atom. The number of nitrogens with zero attached hydrogens (tertiary/aromatic N) is 1. The number of rotatable bonds is 3. The Bertz CT molecular complexity index is 597. The van der Waals surface area contributed by atoms with Gasteiger partial charge in [-0.05, 0) is 37.1 Å². The minimum Gasteiger partial charge on any atom is -0.497 e. The lowest BCUT2D eigenvalue weighted by Gasteiger charge is -2.14. The van der Waals surface area contributed by atoms with Crippen molar-refractivity contribution in [1.82, 2.24) is 9.88 Å². The van der Waals surface area contributed by atoms with Gasteiger partial charge in [-0.25, -0.2) is 0 Å². The van der Waals surface area contributed by atoms with E-state index in [4.69, 9.17) is 4.74 Å². The normalized spacial score (nSPS) is 15.1. The number of ether oxygens (including phenoxy) is 1. The quantitative estimate of drug-likeness (QED) is 0.918. The van der Waals surface area contributed by atoms with Crippen LogP contribution in [0.15, 0.2) is 24.3 Å². The maximum atomic E-state index is 12.1. The summed E-state index contributed by atoms with van der Waals surface area (Å²) >= 11 is 0. The SMILES string of the molecule is COc1ccc2[nH]c(CC(=O)N3CCCC3)cc2c1. The zero-order valence-corrected chi connectivity index (χ0v) is 11.1. The second kappa shape index (κ2) is 4.96. The van der Waals surface area contributed by atoms with Crippen LogP contribution in [0.2, 0.25) is 0 Å². The summed E-state index contributed by atoms with van der Waals surface area (Å²) in [5.41, 5.74) is 2.02. The minimum absolute atomic E-state index is 0.219. The van der Waals surface area contributed by atoms with Crippen LogP contribution in [0.4, 0.5) is 0 Å². The zero-order chi connectivity index (χ0) is 13.2. The molecule has 1 N–H and O–H groups in total. The van der Waals surface area contributed by atoms with E-state index in [1.807, 2.05) is 29.2 Å². The number of likely N-dealkylation sites (tertiary alicyclic amines) is 1. The van der Waals surface area contributed by atoms with E-state index in [-0.39, 0.29) is 5.91 Å². The predicted octanol–water partition coefficient (Wildman–Crippen LogP) is 2.34. The number of methoxy groups -OCH3 is 1. The number of aromatic nitrogens is 1. The predicted molar refractivity (Wildman–Crippen MR) is 74.4 cm³/mol. The highest BCUT2D eigenvalue weighted by atomic mass is 16.5. The summed E-state index contributed by atoms with van der Waals surface area (Å²) < 4.78 is 5.20. The summed E-state index contributed by atoms with van der Waals surface area (Å²) in [5, 5.41) is 1.09. The Kier molecular flexibility index (Phi) is 3.15. The first-order valence-electron chi connectivity index (χ1n) is 6.70. The van der Waals surface area contributed by atoms with Crippen molar-refractivity contribution in [3.05, 3.63) is 30.0 Å². The molecule has 0 atom stereocenters. The Labute approximate surface area is 112 Å². The van der Waals surface area contributed by atoms with Crippen LogP contribution >= 0.6 is 0 Å². The van der Waals surface area contributed by atoms with E-state index in [0.717, 1.165) is 48.3 Å². The van der Waals surface area contributed by atoms with Crippen molar-refractivity contribution < 1.29 is 9.53 Å². The van der Waals surface area contributed by atoms with Crippen molar-refractivity contribution in [2.75, 3.05) is 20.2 Å². The zero-order valence-electron chi connectivity index (χ0n) is 11.1. The number of hydrogen-bond acceptors (Lipinski definition) is 2. The molecule has 0 bridgehead atoms. The molecular weight excluding hydrogens is 240 g/mol. The van der Waals surface area contributed by atoms with Gasteiger partial charge in [-0.1, -0.05) is 0 Å². The third-order valence-corrected chi connectivity index (χ3v) is 3.68. The van der Waals surface area contributed by atoms with Gasteiger partial charge in [0.25, 0.3) is 0 Å². The summed E-state index contributed by atoms with van der Waals surface area (Å²) in [4.78, 5) is 17.3. The standard InChI is InChI=1S/C15H18N2O2/c1-19-13-4-5-14-11(9-13)8-12(16-14)10-15(18)17-6-2-3-7-17/h4-5,8-9,16H,2-3,6-7,10H2,1H3. The first-order valence-corrected chi connectivity index (χ1v) is 6.70. The number of H-pyrrole nitrogens is 1. The van der Waals surface area contributed by atoms with Crippen LogP contribution in [0, 0.1) is 0 Å². The lowest BCUT2D eigenvalue weighted by atomic mass is 10.2. The number of fused-ring (bicyclic) bond motifs is 1. The highest BCUT2D eigenvalue weighted by molar-refractivity contribution is 5.85. The van der Waals surface area contributed by atoms with E-state index in [1.54, 1.807) is 7.11 Å². The van der Waals surface area contributed by atoms with Crippen molar-refractivity contribution in [3.63, 3.8) is 0 Å². The molecule has 19 heavy (non-hydrogen) atoms. The van der Waals surface area contributed by atoms with Crippen molar-refractivity contribution in [2.45, 2.75) is 19.3 Å². The molecule has 3 rings (SSSR count). The molecule has 2 heterocycles. The largest absolute Gasteiger partial charge is 0.497 e. The molecule has 1 aromatic carbocycles. The third kappa shape index (κ3) is 2.43. The van der Waals surface area contributed by atoms with E-state index in [1.165, 1.54) is 0 Å². The molecule has 1 aliphatic heterocycles. The van der Waals surface area contributed by atoms with Gasteiger partial charge in [-0.15, -0.1) is 0 Å². The number of carbonyl (C=O) groups excluding carboxylic acids is 1. The smallest absolute Gasteiger partial charge is 0.228 e. The molecule has 4 heteroatoms. The van der Waals surface area contributed by atoms with Gasteiger partial charge in [0.1, 0.15) is 5.75 Å². The highest BCUT2D eigenvalue weighted by Crippen LogP contribution is 2.22. The average molecular weight is 258 g/mol. The van der Waals surface area contributed by atoms with Gasteiger partial charge in [0.15, 0.2) is 0 Å². The maximum absolute atomic E-state index is 12.1. The maximum Gasteiger partial charge on any atom is 0.228 e. The first kappa shape index (κ1) is 12.1. The van der Waals surface area contributed by atoms with Crippen molar-refractivity contribution in [2.24, 2.45) is 0 Å². The van der Waals surface area contributed by atoms with Crippen LogP contribution < -0.4 is 4.74 Å². The van der Waals surface area contributed by atoms with E-state index in [0.29, 0.717) is 6.42 Å². The monoisotopic (exact) mass is 258 g/mol. The molecule has 100 valence electrons. The van der Waals surface area contributed by atoms with Gasteiger partial charge >= 0.3 is 0 Å². The van der Waals surface area contributed by atoms with Crippen LogP contribution in [-0.4, -0.2) is 36.0 Å². The lowest BCUT2D eigenvalue weighted by Crippen LogP contribution is -2.29. The number of carbonyl (C=O) groups is 1. The molecule has 1 aromatic heterocycles. The van der Waals surface area contributed by atoms with Crippen LogP contribution in [0.1, 0.15) is 18.5 Å². The van der Waals surface area contributed by atoms with E-state index in [2.05, 4.69) is 4.98 Å². The fraction of sp³-hybridized carbons (Fsp3) is 0.400. The minimum atomic E-state index is 0.219. The van der Waals surface area contributed by atoms with Crippen LogP contribution in [0.3, 0.4) is 0 Å². The first-order chi connectivity index (χ1) is 9.26. The molecule has 1 aliphatic rings. The molecule has 0 unspecified atom stereocenters. The van der Waals surface area contributed by atoms with Crippen LogP contribution in [0.5, 0.6) is 5.75 Å². The van der Waals surface area contributed by atoms with Crippen molar-refractivity contribution >= 4 is 16.8 Å². The van der Waals surface area contributed by atoms with Crippen LogP contribution in [-0.2, 0) is 11.2 Å². The molecule has 1 saturated heterocycles.